The zero-order valence-electron chi connectivity index (χ0n) is 13.0. The average molecular weight is 363 g/mol. The lowest BCUT2D eigenvalue weighted by molar-refractivity contribution is 0.621. The molecule has 1 aliphatic heterocycles. The van der Waals surface area contributed by atoms with Crippen molar-refractivity contribution in [2.45, 2.75) is 19.3 Å². The van der Waals surface area contributed by atoms with Crippen molar-refractivity contribution in [3.63, 3.8) is 0 Å². The first-order valence-electron chi connectivity index (χ1n) is 7.78. The maximum Gasteiger partial charge on any atom is 0.141 e. The predicted molar refractivity (Wildman–Crippen MR) is 98.4 cm³/mol. The molecule has 23 heavy (non-hydrogen) atoms. The molecule has 3 heteroatoms. The fourth-order valence-electron chi connectivity index (χ4n) is 4.05. The van der Waals surface area contributed by atoms with Gasteiger partial charge in [-0.1, -0.05) is 60.1 Å². The maximum absolute atomic E-state index is 4.74. The second kappa shape index (κ2) is 4.24. The topological polar surface area (TPSA) is 17.8 Å². The maximum atomic E-state index is 4.74. The molecule has 0 amide bonds. The van der Waals surface area contributed by atoms with Crippen molar-refractivity contribution in [3.8, 4) is 5.82 Å². The van der Waals surface area contributed by atoms with E-state index >= 15 is 0 Å². The summed E-state index contributed by atoms with van der Waals surface area (Å²) < 4.78 is 3.49. The summed E-state index contributed by atoms with van der Waals surface area (Å²) >= 11 is 3.80. The standard InChI is InChI=1S/C20H15BrN2/c1-20(2)14-7-5-11-22-19(14)23-16-8-4-3-6-12(16)13-9-10-15(21)17(20)18(13)23/h3-11H,1-2H3. The fraction of sp³-hybridized carbons (Fsp3) is 0.150. The predicted octanol–water partition coefficient (Wildman–Crippen LogP) is 5.58. The minimum Gasteiger partial charge on any atom is -0.293 e. The molecule has 5 rings (SSSR count). The molecule has 0 bridgehead atoms. The van der Waals surface area contributed by atoms with Gasteiger partial charge in [-0.2, -0.15) is 0 Å². The Balaban J connectivity index is 2.17. The molecule has 0 aliphatic carbocycles. The Kier molecular flexibility index (Phi) is 2.45. The largest absolute Gasteiger partial charge is 0.293 e. The number of hydrogen-bond donors (Lipinski definition) is 0. The third kappa shape index (κ3) is 1.51. The lowest BCUT2D eigenvalue weighted by Crippen LogP contribution is -2.27. The van der Waals surface area contributed by atoms with Crippen molar-refractivity contribution in [1.82, 2.24) is 9.55 Å². The normalized spacial score (nSPS) is 15.1. The number of pyridine rings is 1. The Morgan fingerprint density at radius 2 is 1.78 bits per heavy atom. The number of nitrogens with zero attached hydrogens (tertiary/aromatic N) is 2. The highest BCUT2D eigenvalue weighted by Gasteiger charge is 2.37. The summed E-state index contributed by atoms with van der Waals surface area (Å²) in [5.41, 5.74) is 5.01. The highest BCUT2D eigenvalue weighted by molar-refractivity contribution is 9.10. The van der Waals surface area contributed by atoms with E-state index < -0.39 is 0 Å². The SMILES string of the molecule is CC1(C)c2cccnc2-n2c3ccccc3c3ccc(Br)c1c32. The average Bonchev–Trinajstić information content (AvgIpc) is 2.88. The van der Waals surface area contributed by atoms with E-state index in [9.17, 15) is 0 Å². The summed E-state index contributed by atoms with van der Waals surface area (Å²) in [5.74, 6) is 1.05. The van der Waals surface area contributed by atoms with Crippen LogP contribution >= 0.6 is 15.9 Å². The van der Waals surface area contributed by atoms with E-state index in [0.717, 1.165) is 10.3 Å². The van der Waals surface area contributed by atoms with Crippen LogP contribution < -0.4 is 0 Å². The second-order valence-electron chi connectivity index (χ2n) is 6.67. The van der Waals surface area contributed by atoms with Gasteiger partial charge in [0.2, 0.25) is 0 Å². The second-order valence-corrected chi connectivity index (χ2v) is 7.53. The molecule has 2 nitrogen and oxygen atoms in total. The van der Waals surface area contributed by atoms with Crippen molar-refractivity contribution in [2.75, 3.05) is 0 Å². The molecular weight excluding hydrogens is 348 g/mol. The van der Waals surface area contributed by atoms with Gasteiger partial charge in [-0.25, -0.2) is 4.98 Å². The number of benzene rings is 2. The Morgan fingerprint density at radius 3 is 2.65 bits per heavy atom. The van der Waals surface area contributed by atoms with E-state index in [1.165, 1.54) is 32.9 Å². The molecule has 0 saturated heterocycles. The molecule has 0 N–H and O–H groups in total. The Morgan fingerprint density at radius 1 is 0.957 bits per heavy atom. The summed E-state index contributed by atoms with van der Waals surface area (Å²) in [5, 5.41) is 2.58. The molecule has 0 spiro atoms. The van der Waals surface area contributed by atoms with Gasteiger partial charge >= 0.3 is 0 Å². The summed E-state index contributed by atoms with van der Waals surface area (Å²) in [6.45, 7) is 4.57. The molecule has 0 unspecified atom stereocenters. The highest BCUT2D eigenvalue weighted by Crippen LogP contribution is 2.49. The minimum absolute atomic E-state index is 0.0910. The first kappa shape index (κ1) is 13.3. The van der Waals surface area contributed by atoms with E-state index in [2.05, 4.69) is 76.8 Å². The molecule has 0 radical (unpaired) electrons. The molecule has 2 aromatic carbocycles. The quantitative estimate of drug-likeness (QED) is 0.399. The summed E-state index contributed by atoms with van der Waals surface area (Å²) in [6.07, 6.45) is 1.89. The zero-order valence-corrected chi connectivity index (χ0v) is 14.6. The third-order valence-electron chi connectivity index (χ3n) is 5.08. The molecule has 112 valence electrons. The molecule has 1 aliphatic rings. The van der Waals surface area contributed by atoms with Gasteiger partial charge in [0, 0.05) is 38.0 Å². The highest BCUT2D eigenvalue weighted by atomic mass is 79.9. The Hall–Kier alpha value is -2.13. The number of aromatic nitrogens is 2. The first-order valence-corrected chi connectivity index (χ1v) is 8.58. The van der Waals surface area contributed by atoms with Crippen LogP contribution in [0, 0.1) is 0 Å². The molecule has 0 fully saturated rings. The molecule has 0 saturated carbocycles. The van der Waals surface area contributed by atoms with Crippen LogP contribution in [0.3, 0.4) is 0 Å². The van der Waals surface area contributed by atoms with Crippen LogP contribution in [0.2, 0.25) is 0 Å². The van der Waals surface area contributed by atoms with Gasteiger partial charge in [-0.05, 0) is 18.2 Å². The van der Waals surface area contributed by atoms with Gasteiger partial charge in [0.1, 0.15) is 5.82 Å². The number of fused-ring (bicyclic) bond motifs is 5. The van der Waals surface area contributed by atoms with Crippen LogP contribution in [0.4, 0.5) is 0 Å². The van der Waals surface area contributed by atoms with Crippen LogP contribution in [0.15, 0.2) is 59.2 Å². The fourth-order valence-corrected chi connectivity index (χ4v) is 4.86. The van der Waals surface area contributed by atoms with Crippen molar-refractivity contribution in [2.24, 2.45) is 0 Å². The van der Waals surface area contributed by atoms with Gasteiger partial charge in [-0.3, -0.25) is 4.57 Å². The van der Waals surface area contributed by atoms with Crippen LogP contribution in [0.25, 0.3) is 27.6 Å². The van der Waals surface area contributed by atoms with E-state index in [1.807, 2.05) is 12.3 Å². The van der Waals surface area contributed by atoms with E-state index in [-0.39, 0.29) is 5.41 Å². The van der Waals surface area contributed by atoms with Crippen molar-refractivity contribution < 1.29 is 0 Å². The van der Waals surface area contributed by atoms with Crippen molar-refractivity contribution in [1.29, 1.82) is 0 Å². The smallest absolute Gasteiger partial charge is 0.141 e. The van der Waals surface area contributed by atoms with E-state index in [0.29, 0.717) is 0 Å². The van der Waals surface area contributed by atoms with E-state index in [4.69, 9.17) is 4.98 Å². The molecule has 2 aromatic heterocycles. The molecule has 4 aromatic rings. The van der Waals surface area contributed by atoms with Gasteiger partial charge in [0.15, 0.2) is 0 Å². The van der Waals surface area contributed by atoms with Gasteiger partial charge in [-0.15, -0.1) is 0 Å². The lowest BCUT2D eigenvalue weighted by atomic mass is 9.76. The molecule has 0 atom stereocenters. The van der Waals surface area contributed by atoms with Crippen LogP contribution in [-0.4, -0.2) is 9.55 Å². The number of halogens is 1. The van der Waals surface area contributed by atoms with Gasteiger partial charge in [0.05, 0.1) is 11.0 Å². The van der Waals surface area contributed by atoms with Crippen LogP contribution in [0.5, 0.6) is 0 Å². The van der Waals surface area contributed by atoms with Crippen LogP contribution in [0.1, 0.15) is 25.0 Å². The Bertz CT molecular complexity index is 1110. The van der Waals surface area contributed by atoms with E-state index in [1.54, 1.807) is 0 Å². The number of rotatable bonds is 0. The molecule has 3 heterocycles. The summed E-state index contributed by atoms with van der Waals surface area (Å²) in [6, 6.07) is 17.2. The monoisotopic (exact) mass is 362 g/mol. The third-order valence-corrected chi connectivity index (χ3v) is 5.74. The summed E-state index contributed by atoms with van der Waals surface area (Å²) in [4.78, 5) is 4.74. The number of para-hydroxylation sites is 1. The first-order chi connectivity index (χ1) is 11.1. The number of hydrogen-bond acceptors (Lipinski definition) is 1. The van der Waals surface area contributed by atoms with Gasteiger partial charge in [0.25, 0.3) is 0 Å². The zero-order chi connectivity index (χ0) is 15.8. The lowest BCUT2D eigenvalue weighted by Gasteiger charge is -2.34. The minimum atomic E-state index is -0.0910. The van der Waals surface area contributed by atoms with Crippen molar-refractivity contribution in [3.05, 3.63) is 70.3 Å². The Labute approximate surface area is 142 Å². The summed E-state index contributed by atoms with van der Waals surface area (Å²) in [7, 11) is 0. The molecular formula is C20H15BrN2. The van der Waals surface area contributed by atoms with Crippen molar-refractivity contribution >= 4 is 37.7 Å². The van der Waals surface area contributed by atoms with Crippen LogP contribution in [-0.2, 0) is 5.41 Å². The van der Waals surface area contributed by atoms with Gasteiger partial charge < -0.3 is 0 Å².